The van der Waals surface area contributed by atoms with Gasteiger partial charge in [-0.05, 0) is 18.6 Å². The van der Waals surface area contributed by atoms with E-state index in [4.69, 9.17) is 0 Å². The van der Waals surface area contributed by atoms with E-state index in [2.05, 4.69) is 0 Å². The quantitative estimate of drug-likeness (QED) is 0.770. The summed E-state index contributed by atoms with van der Waals surface area (Å²) >= 11 is 0. The van der Waals surface area contributed by atoms with Gasteiger partial charge in [-0.1, -0.05) is 26.8 Å². The Morgan fingerprint density at radius 3 is 2.12 bits per heavy atom. The highest BCUT2D eigenvalue weighted by atomic mass is 19.1. The summed E-state index contributed by atoms with van der Waals surface area (Å²) in [6.45, 7) is 5.40. The van der Waals surface area contributed by atoms with E-state index < -0.39 is 17.0 Å². The van der Waals surface area contributed by atoms with Crippen molar-refractivity contribution in [1.82, 2.24) is 0 Å². The topological polar surface area (TPSA) is 17.1 Å². The van der Waals surface area contributed by atoms with Gasteiger partial charge in [0.25, 0.3) is 0 Å². The summed E-state index contributed by atoms with van der Waals surface area (Å²) < 4.78 is 26.5. The van der Waals surface area contributed by atoms with Crippen molar-refractivity contribution in [3.8, 4) is 0 Å². The molecule has 0 aliphatic heterocycles. The van der Waals surface area contributed by atoms with Gasteiger partial charge in [-0.3, -0.25) is 4.79 Å². The van der Waals surface area contributed by atoms with Crippen molar-refractivity contribution in [3.05, 3.63) is 35.4 Å². The van der Waals surface area contributed by atoms with Gasteiger partial charge in [0, 0.05) is 17.4 Å². The van der Waals surface area contributed by atoms with Crippen LogP contribution < -0.4 is 0 Å². The van der Waals surface area contributed by atoms with Crippen LogP contribution in [0.1, 0.15) is 32.8 Å². The molecule has 0 amide bonds. The molecule has 0 N–H and O–H groups in total. The van der Waals surface area contributed by atoms with Crippen molar-refractivity contribution in [1.29, 1.82) is 0 Å². The SMILES string of the molecule is CC(C)(C)C(=O)CCc1c(F)cccc1F. The Morgan fingerprint density at radius 2 is 1.69 bits per heavy atom. The van der Waals surface area contributed by atoms with Crippen LogP contribution in [0.3, 0.4) is 0 Å². The summed E-state index contributed by atoms with van der Waals surface area (Å²) in [6.07, 6.45) is 0.288. The van der Waals surface area contributed by atoms with Gasteiger partial charge in [0.2, 0.25) is 0 Å². The lowest BCUT2D eigenvalue weighted by molar-refractivity contribution is -0.126. The summed E-state index contributed by atoms with van der Waals surface area (Å²) in [5.41, 5.74) is -0.457. The van der Waals surface area contributed by atoms with Crippen molar-refractivity contribution in [2.45, 2.75) is 33.6 Å². The smallest absolute Gasteiger partial charge is 0.138 e. The second-order valence-electron chi connectivity index (χ2n) is 4.87. The summed E-state index contributed by atoms with van der Waals surface area (Å²) in [6, 6.07) is 3.74. The minimum Gasteiger partial charge on any atom is -0.299 e. The highest BCUT2D eigenvalue weighted by Crippen LogP contribution is 2.20. The van der Waals surface area contributed by atoms with E-state index in [9.17, 15) is 13.6 Å². The second-order valence-corrected chi connectivity index (χ2v) is 4.87. The molecule has 88 valence electrons. The van der Waals surface area contributed by atoms with Crippen LogP contribution in [-0.2, 0) is 11.2 Å². The lowest BCUT2D eigenvalue weighted by Gasteiger charge is -2.16. The van der Waals surface area contributed by atoms with Crippen LogP contribution in [0.2, 0.25) is 0 Å². The van der Waals surface area contributed by atoms with Crippen LogP contribution in [0.5, 0.6) is 0 Å². The molecular formula is C13H16F2O. The lowest BCUT2D eigenvalue weighted by atomic mass is 9.87. The molecular weight excluding hydrogens is 210 g/mol. The lowest BCUT2D eigenvalue weighted by Crippen LogP contribution is -2.20. The average molecular weight is 226 g/mol. The normalized spacial score (nSPS) is 11.6. The second kappa shape index (κ2) is 4.73. The minimum absolute atomic E-state index is 0.0000926. The average Bonchev–Trinajstić information content (AvgIpc) is 2.15. The van der Waals surface area contributed by atoms with Gasteiger partial charge in [0.15, 0.2) is 0 Å². The fraction of sp³-hybridized carbons (Fsp3) is 0.462. The minimum atomic E-state index is -0.582. The fourth-order valence-corrected chi connectivity index (χ4v) is 1.38. The number of carbonyl (C=O) groups excluding carboxylic acids is 1. The molecule has 0 fully saturated rings. The number of Topliss-reactive ketones (excluding diaryl/α,β-unsaturated/α-hetero) is 1. The molecule has 3 heteroatoms. The van der Waals surface area contributed by atoms with Gasteiger partial charge in [-0.2, -0.15) is 0 Å². The van der Waals surface area contributed by atoms with Crippen LogP contribution in [-0.4, -0.2) is 5.78 Å². The molecule has 0 bridgehead atoms. The van der Waals surface area contributed by atoms with Gasteiger partial charge in [-0.25, -0.2) is 8.78 Å². The molecule has 1 rings (SSSR count). The van der Waals surface area contributed by atoms with Crippen molar-refractivity contribution < 1.29 is 13.6 Å². The third kappa shape index (κ3) is 3.12. The first-order valence-corrected chi connectivity index (χ1v) is 5.28. The number of hydrogen-bond acceptors (Lipinski definition) is 1. The van der Waals surface area contributed by atoms with Crippen LogP contribution in [0.15, 0.2) is 18.2 Å². The Morgan fingerprint density at radius 1 is 1.19 bits per heavy atom. The van der Waals surface area contributed by atoms with Crippen molar-refractivity contribution in [2.24, 2.45) is 5.41 Å². The van der Waals surface area contributed by atoms with E-state index in [1.165, 1.54) is 18.2 Å². The molecule has 1 aromatic carbocycles. The predicted molar refractivity (Wildman–Crippen MR) is 59.1 cm³/mol. The molecule has 0 saturated heterocycles. The Hall–Kier alpha value is -1.25. The van der Waals surface area contributed by atoms with Gasteiger partial charge < -0.3 is 0 Å². The zero-order valence-electron chi connectivity index (χ0n) is 9.81. The first-order valence-electron chi connectivity index (χ1n) is 5.28. The number of rotatable bonds is 3. The number of carbonyl (C=O) groups is 1. The van der Waals surface area contributed by atoms with E-state index in [0.29, 0.717) is 0 Å². The molecule has 16 heavy (non-hydrogen) atoms. The number of benzene rings is 1. The van der Waals surface area contributed by atoms with Gasteiger partial charge in [0.05, 0.1) is 0 Å². The van der Waals surface area contributed by atoms with Gasteiger partial charge in [-0.15, -0.1) is 0 Å². The summed E-state index contributed by atoms with van der Waals surface area (Å²) in [5, 5.41) is 0. The molecule has 0 saturated carbocycles. The maximum Gasteiger partial charge on any atom is 0.138 e. The Balaban J connectivity index is 2.73. The molecule has 1 nitrogen and oxygen atoms in total. The number of halogens is 2. The Kier molecular flexibility index (Phi) is 3.79. The first-order chi connectivity index (χ1) is 7.32. The van der Waals surface area contributed by atoms with E-state index >= 15 is 0 Å². The molecule has 1 aromatic rings. The van der Waals surface area contributed by atoms with Crippen LogP contribution in [0.25, 0.3) is 0 Å². The summed E-state index contributed by atoms with van der Waals surface area (Å²) in [7, 11) is 0. The van der Waals surface area contributed by atoms with Gasteiger partial charge in [0.1, 0.15) is 17.4 Å². The first kappa shape index (κ1) is 12.8. The fourth-order valence-electron chi connectivity index (χ4n) is 1.38. The molecule has 0 heterocycles. The number of hydrogen-bond donors (Lipinski definition) is 0. The van der Waals surface area contributed by atoms with Crippen LogP contribution in [0.4, 0.5) is 8.78 Å². The van der Waals surface area contributed by atoms with E-state index in [-0.39, 0.29) is 24.2 Å². The molecule has 0 aromatic heterocycles. The maximum absolute atomic E-state index is 13.2. The molecule has 0 radical (unpaired) electrons. The van der Waals surface area contributed by atoms with Crippen molar-refractivity contribution in [2.75, 3.05) is 0 Å². The summed E-state index contributed by atoms with van der Waals surface area (Å²) in [4.78, 5) is 11.6. The Labute approximate surface area is 94.5 Å². The third-order valence-corrected chi connectivity index (χ3v) is 2.50. The molecule has 0 aliphatic rings. The number of ketones is 1. The molecule has 0 atom stereocenters. The maximum atomic E-state index is 13.2. The standard InChI is InChI=1S/C13H16F2O/c1-13(2,3)12(16)8-7-9-10(14)5-4-6-11(9)15/h4-6H,7-8H2,1-3H3. The molecule has 0 aliphatic carbocycles. The van der Waals surface area contributed by atoms with Crippen molar-refractivity contribution in [3.63, 3.8) is 0 Å². The third-order valence-electron chi connectivity index (χ3n) is 2.50. The Bertz CT molecular complexity index is 371. The molecule has 0 spiro atoms. The van der Waals surface area contributed by atoms with E-state index in [1.807, 2.05) is 0 Å². The van der Waals surface area contributed by atoms with Crippen LogP contribution >= 0.6 is 0 Å². The zero-order valence-corrected chi connectivity index (χ0v) is 9.81. The largest absolute Gasteiger partial charge is 0.299 e. The van der Waals surface area contributed by atoms with E-state index in [0.717, 1.165) is 0 Å². The monoisotopic (exact) mass is 226 g/mol. The predicted octanol–water partition coefficient (Wildman–Crippen LogP) is 3.51. The van der Waals surface area contributed by atoms with Gasteiger partial charge >= 0.3 is 0 Å². The van der Waals surface area contributed by atoms with E-state index in [1.54, 1.807) is 20.8 Å². The van der Waals surface area contributed by atoms with Crippen LogP contribution in [0, 0.1) is 17.0 Å². The highest BCUT2D eigenvalue weighted by molar-refractivity contribution is 5.83. The molecule has 0 unspecified atom stereocenters. The zero-order chi connectivity index (χ0) is 12.3. The summed E-state index contributed by atoms with van der Waals surface area (Å²) in [5.74, 6) is -1.15. The highest BCUT2D eigenvalue weighted by Gasteiger charge is 2.21. The van der Waals surface area contributed by atoms with Crippen molar-refractivity contribution >= 4 is 5.78 Å².